The van der Waals surface area contributed by atoms with Crippen LogP contribution in [0.15, 0.2) is 54.7 Å². The van der Waals surface area contributed by atoms with Crippen molar-refractivity contribution in [1.82, 2.24) is 15.0 Å². The Balaban J connectivity index is 1.50. The number of anilines is 1. The lowest BCUT2D eigenvalue weighted by Crippen LogP contribution is -2.23. The number of fused-ring (bicyclic) bond motifs is 1. The number of nitrogens with zero attached hydrogens (tertiary/aromatic N) is 4. The van der Waals surface area contributed by atoms with Crippen molar-refractivity contribution >= 4 is 5.82 Å². The van der Waals surface area contributed by atoms with Crippen LogP contribution in [0.4, 0.5) is 5.82 Å². The Kier molecular flexibility index (Phi) is 3.89. The van der Waals surface area contributed by atoms with Crippen molar-refractivity contribution in [2.75, 3.05) is 18.0 Å². The predicted molar refractivity (Wildman–Crippen MR) is 103 cm³/mol. The predicted octanol–water partition coefficient (Wildman–Crippen LogP) is 4.02. The topological polar surface area (TPSA) is 41.9 Å². The van der Waals surface area contributed by atoms with Gasteiger partial charge in [0.25, 0.3) is 0 Å². The van der Waals surface area contributed by atoms with Gasteiger partial charge in [0.2, 0.25) is 0 Å². The van der Waals surface area contributed by atoms with Crippen molar-refractivity contribution in [1.29, 1.82) is 0 Å². The molecule has 26 heavy (non-hydrogen) atoms. The number of hydrogen-bond acceptors (Lipinski definition) is 4. The Hall–Kier alpha value is -2.75. The molecule has 1 atom stereocenters. The van der Waals surface area contributed by atoms with Crippen LogP contribution in [0.3, 0.4) is 0 Å². The van der Waals surface area contributed by atoms with Gasteiger partial charge < -0.3 is 4.90 Å². The van der Waals surface area contributed by atoms with E-state index in [1.54, 1.807) is 0 Å². The second kappa shape index (κ2) is 6.52. The quantitative estimate of drug-likeness (QED) is 0.721. The summed E-state index contributed by atoms with van der Waals surface area (Å²) in [7, 11) is 0. The maximum absolute atomic E-state index is 4.98. The summed E-state index contributed by atoms with van der Waals surface area (Å²) in [6.45, 7) is 2.10. The van der Waals surface area contributed by atoms with E-state index in [0.29, 0.717) is 5.92 Å². The maximum atomic E-state index is 4.98. The normalized spacial score (nSPS) is 18.9. The van der Waals surface area contributed by atoms with Gasteiger partial charge in [-0.05, 0) is 43.4 Å². The van der Waals surface area contributed by atoms with Crippen molar-refractivity contribution in [3.05, 3.63) is 71.5 Å². The molecule has 2 aliphatic rings. The van der Waals surface area contributed by atoms with Gasteiger partial charge in [-0.25, -0.2) is 9.97 Å². The summed E-state index contributed by atoms with van der Waals surface area (Å²) >= 11 is 0. The van der Waals surface area contributed by atoms with Crippen LogP contribution in [0.25, 0.3) is 11.5 Å². The minimum Gasteiger partial charge on any atom is -0.356 e. The van der Waals surface area contributed by atoms with Gasteiger partial charge in [-0.15, -0.1) is 0 Å². The molecule has 1 saturated heterocycles. The van der Waals surface area contributed by atoms with Gasteiger partial charge >= 0.3 is 0 Å². The molecule has 0 radical (unpaired) electrons. The van der Waals surface area contributed by atoms with Gasteiger partial charge in [0.15, 0.2) is 5.82 Å². The first-order valence-corrected chi connectivity index (χ1v) is 9.49. The number of aryl methyl sites for hydroxylation is 1. The molecule has 0 amide bonds. The molecule has 0 spiro atoms. The van der Waals surface area contributed by atoms with Gasteiger partial charge in [-0.1, -0.05) is 36.4 Å². The Morgan fingerprint density at radius 1 is 0.923 bits per heavy atom. The summed E-state index contributed by atoms with van der Waals surface area (Å²) < 4.78 is 0. The van der Waals surface area contributed by atoms with Crippen LogP contribution < -0.4 is 4.90 Å². The molecule has 1 aliphatic carbocycles. The molecule has 2 aromatic heterocycles. The highest BCUT2D eigenvalue weighted by molar-refractivity contribution is 5.59. The van der Waals surface area contributed by atoms with Crippen molar-refractivity contribution in [2.45, 2.75) is 31.6 Å². The lowest BCUT2D eigenvalue weighted by molar-refractivity contribution is 0.773. The standard InChI is InChI=1S/C22H22N4/c1-2-7-16(8-3-1)17-12-14-26(15-17)22-18-9-6-11-19(18)24-21(25-22)20-10-4-5-13-23-20/h1-5,7-8,10,13,17H,6,9,11-12,14-15H2. The number of aromatic nitrogens is 3. The first-order valence-electron chi connectivity index (χ1n) is 9.49. The highest BCUT2D eigenvalue weighted by Gasteiger charge is 2.29. The third-order valence-electron chi connectivity index (χ3n) is 5.56. The first kappa shape index (κ1) is 15.5. The van der Waals surface area contributed by atoms with Gasteiger partial charge in [-0.3, -0.25) is 4.98 Å². The molecular formula is C22H22N4. The Bertz CT molecular complexity index is 908. The number of pyridine rings is 1. The average molecular weight is 342 g/mol. The molecule has 3 heterocycles. The molecule has 4 nitrogen and oxygen atoms in total. The Morgan fingerprint density at radius 3 is 2.65 bits per heavy atom. The van der Waals surface area contributed by atoms with Crippen LogP contribution in [0.1, 0.15) is 35.6 Å². The van der Waals surface area contributed by atoms with E-state index in [1.807, 2.05) is 24.4 Å². The van der Waals surface area contributed by atoms with Crippen LogP contribution >= 0.6 is 0 Å². The van der Waals surface area contributed by atoms with Gasteiger partial charge in [0.05, 0.1) is 0 Å². The first-order chi connectivity index (χ1) is 12.9. The third kappa shape index (κ3) is 2.75. The fraction of sp³-hybridized carbons (Fsp3) is 0.318. The van der Waals surface area contributed by atoms with E-state index in [9.17, 15) is 0 Å². The molecule has 0 saturated carbocycles. The molecule has 1 fully saturated rings. The van der Waals surface area contributed by atoms with Crippen LogP contribution in [0.5, 0.6) is 0 Å². The van der Waals surface area contributed by atoms with Gasteiger partial charge in [0.1, 0.15) is 11.5 Å². The zero-order valence-corrected chi connectivity index (χ0v) is 14.8. The zero-order valence-electron chi connectivity index (χ0n) is 14.8. The van der Waals surface area contributed by atoms with Gasteiger partial charge in [0, 0.05) is 36.5 Å². The minimum atomic E-state index is 0.585. The minimum absolute atomic E-state index is 0.585. The Labute approximate surface area is 154 Å². The summed E-state index contributed by atoms with van der Waals surface area (Å²) in [4.78, 5) is 16.7. The molecule has 1 unspecified atom stereocenters. The highest BCUT2D eigenvalue weighted by Crippen LogP contribution is 2.36. The number of hydrogen-bond donors (Lipinski definition) is 0. The number of rotatable bonds is 3. The lowest BCUT2D eigenvalue weighted by Gasteiger charge is -2.21. The van der Waals surface area contributed by atoms with Crippen LogP contribution in [-0.4, -0.2) is 28.0 Å². The second-order valence-corrected chi connectivity index (χ2v) is 7.21. The van der Waals surface area contributed by atoms with E-state index >= 15 is 0 Å². The van der Waals surface area contributed by atoms with E-state index in [2.05, 4.69) is 40.2 Å². The smallest absolute Gasteiger partial charge is 0.180 e. The van der Waals surface area contributed by atoms with Gasteiger partial charge in [-0.2, -0.15) is 0 Å². The van der Waals surface area contributed by atoms with E-state index in [-0.39, 0.29) is 0 Å². The summed E-state index contributed by atoms with van der Waals surface area (Å²) in [6.07, 6.45) is 6.33. The van der Waals surface area contributed by atoms with Crippen LogP contribution in [-0.2, 0) is 12.8 Å². The Morgan fingerprint density at radius 2 is 1.81 bits per heavy atom. The molecule has 5 rings (SSSR count). The molecule has 1 aliphatic heterocycles. The molecular weight excluding hydrogens is 320 g/mol. The van der Waals surface area contributed by atoms with Crippen LogP contribution in [0, 0.1) is 0 Å². The van der Waals surface area contributed by atoms with Crippen molar-refractivity contribution in [3.8, 4) is 11.5 Å². The molecule has 0 bridgehead atoms. The summed E-state index contributed by atoms with van der Waals surface area (Å²) in [6, 6.07) is 16.8. The molecule has 3 aromatic rings. The zero-order chi connectivity index (χ0) is 17.3. The summed E-state index contributed by atoms with van der Waals surface area (Å²) in [5.74, 6) is 2.50. The molecule has 4 heteroatoms. The highest BCUT2D eigenvalue weighted by atomic mass is 15.2. The van der Waals surface area contributed by atoms with E-state index in [4.69, 9.17) is 9.97 Å². The summed E-state index contributed by atoms with van der Waals surface area (Å²) in [5, 5.41) is 0. The van der Waals surface area contributed by atoms with E-state index in [0.717, 1.165) is 43.3 Å². The van der Waals surface area contributed by atoms with E-state index in [1.165, 1.54) is 29.7 Å². The van der Waals surface area contributed by atoms with Crippen molar-refractivity contribution in [3.63, 3.8) is 0 Å². The number of benzene rings is 1. The van der Waals surface area contributed by atoms with Crippen LogP contribution in [0.2, 0.25) is 0 Å². The fourth-order valence-electron chi connectivity index (χ4n) is 4.23. The SMILES string of the molecule is c1ccc(C2CCN(c3nc(-c4ccccn4)nc4c3CCC4)C2)cc1. The fourth-order valence-corrected chi connectivity index (χ4v) is 4.23. The summed E-state index contributed by atoms with van der Waals surface area (Å²) in [5.41, 5.74) is 4.88. The second-order valence-electron chi connectivity index (χ2n) is 7.21. The third-order valence-corrected chi connectivity index (χ3v) is 5.56. The lowest BCUT2D eigenvalue weighted by atomic mass is 9.99. The maximum Gasteiger partial charge on any atom is 0.180 e. The largest absolute Gasteiger partial charge is 0.356 e. The van der Waals surface area contributed by atoms with E-state index < -0.39 is 0 Å². The molecule has 1 aromatic carbocycles. The average Bonchev–Trinajstić information content (AvgIpc) is 3.38. The molecule has 0 N–H and O–H groups in total. The van der Waals surface area contributed by atoms with Crippen molar-refractivity contribution in [2.24, 2.45) is 0 Å². The molecule has 130 valence electrons. The van der Waals surface area contributed by atoms with Crippen molar-refractivity contribution < 1.29 is 0 Å². The monoisotopic (exact) mass is 342 g/mol.